The lowest BCUT2D eigenvalue weighted by Gasteiger charge is -2.17. The Hall–Kier alpha value is -1.59. The predicted octanol–water partition coefficient (Wildman–Crippen LogP) is 2.91. The first-order valence-electron chi connectivity index (χ1n) is 6.01. The molecule has 2 atom stereocenters. The molecule has 2 rings (SSSR count). The number of nitro groups is 1. The number of nitrogens with zero attached hydrogens (tertiary/aromatic N) is 1. The second-order valence-electron chi connectivity index (χ2n) is 4.69. The van der Waals surface area contributed by atoms with Crippen molar-refractivity contribution in [1.29, 1.82) is 0 Å². The summed E-state index contributed by atoms with van der Waals surface area (Å²) in [6.07, 6.45) is 4.74. The molecule has 0 radical (unpaired) electrons. The normalized spacial score (nSPS) is 21.6. The molecule has 0 amide bonds. The molecular weight excluding hydrogens is 268 g/mol. The van der Waals surface area contributed by atoms with Gasteiger partial charge in [-0.25, -0.2) is 0 Å². The maximum atomic E-state index is 10.7. The molecule has 6 heteroatoms. The number of nitrogens with one attached hydrogen (secondary N) is 1. The highest BCUT2D eigenvalue weighted by atomic mass is 35.5. The van der Waals surface area contributed by atoms with Gasteiger partial charge in [-0.1, -0.05) is 23.8 Å². The third-order valence-electron chi connectivity index (χ3n) is 3.22. The third-order valence-corrected chi connectivity index (χ3v) is 3.52. The molecule has 1 aromatic carbocycles. The lowest BCUT2D eigenvalue weighted by Crippen LogP contribution is -2.17. The second-order valence-corrected chi connectivity index (χ2v) is 5.10. The van der Waals surface area contributed by atoms with Crippen molar-refractivity contribution in [2.45, 2.75) is 19.4 Å². The Morgan fingerprint density at radius 1 is 1.53 bits per heavy atom. The van der Waals surface area contributed by atoms with E-state index in [1.54, 1.807) is 6.92 Å². The number of aryl methyl sites for hydroxylation is 1. The van der Waals surface area contributed by atoms with Crippen LogP contribution in [0.3, 0.4) is 0 Å². The fraction of sp³-hybridized carbons (Fsp3) is 0.385. The number of anilines is 1. The van der Waals surface area contributed by atoms with Crippen LogP contribution in [0.25, 0.3) is 0 Å². The van der Waals surface area contributed by atoms with E-state index in [4.69, 9.17) is 16.7 Å². The molecule has 0 heterocycles. The van der Waals surface area contributed by atoms with Crippen LogP contribution >= 0.6 is 11.6 Å². The summed E-state index contributed by atoms with van der Waals surface area (Å²) in [6.45, 7) is 1.91. The zero-order valence-corrected chi connectivity index (χ0v) is 11.2. The smallest absolute Gasteiger partial charge is 0.271 e. The van der Waals surface area contributed by atoms with Gasteiger partial charge in [-0.15, -0.1) is 0 Å². The number of halogens is 1. The Morgan fingerprint density at radius 3 is 2.79 bits per heavy atom. The summed E-state index contributed by atoms with van der Waals surface area (Å²) < 4.78 is 0. The van der Waals surface area contributed by atoms with Gasteiger partial charge in [-0.3, -0.25) is 10.1 Å². The zero-order valence-electron chi connectivity index (χ0n) is 10.5. The Morgan fingerprint density at radius 2 is 2.26 bits per heavy atom. The summed E-state index contributed by atoms with van der Waals surface area (Å²) in [4.78, 5) is 10.3. The Bertz CT molecular complexity index is 508. The van der Waals surface area contributed by atoms with E-state index in [1.165, 1.54) is 12.1 Å². The summed E-state index contributed by atoms with van der Waals surface area (Å²) >= 11 is 6.09. The van der Waals surface area contributed by atoms with Gasteiger partial charge < -0.3 is 10.4 Å². The van der Waals surface area contributed by atoms with E-state index in [2.05, 4.69) is 5.32 Å². The molecule has 1 aliphatic rings. The molecule has 0 aromatic heterocycles. The van der Waals surface area contributed by atoms with E-state index >= 15 is 0 Å². The van der Waals surface area contributed by atoms with Crippen LogP contribution in [-0.2, 0) is 0 Å². The first-order chi connectivity index (χ1) is 9.01. The van der Waals surface area contributed by atoms with Crippen molar-refractivity contribution in [3.8, 4) is 0 Å². The molecule has 0 spiro atoms. The van der Waals surface area contributed by atoms with Gasteiger partial charge in [0.2, 0.25) is 0 Å². The van der Waals surface area contributed by atoms with Gasteiger partial charge in [0.25, 0.3) is 5.69 Å². The number of non-ortho nitro benzene ring substituents is 1. The topological polar surface area (TPSA) is 75.4 Å². The summed E-state index contributed by atoms with van der Waals surface area (Å²) in [7, 11) is 0. The fourth-order valence-corrected chi connectivity index (χ4v) is 2.53. The largest absolute Gasteiger partial charge is 0.396 e. The second kappa shape index (κ2) is 5.59. The van der Waals surface area contributed by atoms with Crippen molar-refractivity contribution in [2.75, 3.05) is 11.9 Å². The highest BCUT2D eigenvalue weighted by molar-refractivity contribution is 6.33. The van der Waals surface area contributed by atoms with Crippen molar-refractivity contribution in [3.63, 3.8) is 0 Å². The van der Waals surface area contributed by atoms with Crippen LogP contribution in [0.2, 0.25) is 5.02 Å². The van der Waals surface area contributed by atoms with E-state index in [0.29, 0.717) is 10.7 Å². The van der Waals surface area contributed by atoms with Gasteiger partial charge in [0.15, 0.2) is 0 Å². The van der Waals surface area contributed by atoms with Crippen LogP contribution < -0.4 is 5.32 Å². The first-order valence-corrected chi connectivity index (χ1v) is 6.39. The highest BCUT2D eigenvalue weighted by Gasteiger charge is 2.20. The van der Waals surface area contributed by atoms with Crippen LogP contribution in [0.1, 0.15) is 12.0 Å². The average Bonchev–Trinajstić information content (AvgIpc) is 2.81. The SMILES string of the molecule is Cc1cc([N+](=O)[O-])cc(Cl)c1N[C@@H]1C=C[C@H](CO)C1. The van der Waals surface area contributed by atoms with Crippen molar-refractivity contribution in [1.82, 2.24) is 0 Å². The molecule has 2 N–H and O–H groups in total. The fourth-order valence-electron chi connectivity index (χ4n) is 2.22. The quantitative estimate of drug-likeness (QED) is 0.506. The maximum Gasteiger partial charge on any atom is 0.271 e. The van der Waals surface area contributed by atoms with Crippen molar-refractivity contribution in [3.05, 3.63) is 45.0 Å². The minimum Gasteiger partial charge on any atom is -0.396 e. The molecule has 0 bridgehead atoms. The molecule has 102 valence electrons. The van der Waals surface area contributed by atoms with Gasteiger partial charge in [0.05, 0.1) is 15.6 Å². The number of benzene rings is 1. The van der Waals surface area contributed by atoms with E-state index in [1.807, 2.05) is 12.2 Å². The molecular formula is C13H15ClN2O3. The number of hydrogen-bond donors (Lipinski definition) is 2. The summed E-state index contributed by atoms with van der Waals surface area (Å²) in [6, 6.07) is 2.94. The molecule has 0 saturated carbocycles. The molecule has 0 saturated heterocycles. The van der Waals surface area contributed by atoms with E-state index in [-0.39, 0.29) is 24.3 Å². The van der Waals surface area contributed by atoms with Gasteiger partial charge in [0.1, 0.15) is 0 Å². The van der Waals surface area contributed by atoms with Gasteiger partial charge in [-0.2, -0.15) is 0 Å². The van der Waals surface area contributed by atoms with Gasteiger partial charge in [0, 0.05) is 30.7 Å². The Kier molecular flexibility index (Phi) is 4.07. The van der Waals surface area contributed by atoms with Crippen molar-refractivity contribution < 1.29 is 10.0 Å². The lowest BCUT2D eigenvalue weighted by molar-refractivity contribution is -0.384. The van der Waals surface area contributed by atoms with Crippen LogP contribution in [0, 0.1) is 23.0 Å². The number of aliphatic hydroxyl groups excluding tert-OH is 1. The van der Waals surface area contributed by atoms with Crippen LogP contribution in [0.15, 0.2) is 24.3 Å². The number of rotatable bonds is 4. The molecule has 1 aliphatic carbocycles. The molecule has 0 unspecified atom stereocenters. The zero-order chi connectivity index (χ0) is 14.0. The minimum absolute atomic E-state index is 0.0109. The number of nitro benzene ring substituents is 1. The average molecular weight is 283 g/mol. The van der Waals surface area contributed by atoms with Gasteiger partial charge in [-0.05, 0) is 18.9 Å². The monoisotopic (exact) mass is 282 g/mol. The predicted molar refractivity (Wildman–Crippen MR) is 74.6 cm³/mol. The van der Waals surface area contributed by atoms with Gasteiger partial charge >= 0.3 is 0 Å². The maximum absolute atomic E-state index is 10.7. The van der Waals surface area contributed by atoms with Crippen LogP contribution in [-0.4, -0.2) is 22.7 Å². The van der Waals surface area contributed by atoms with E-state index in [9.17, 15) is 10.1 Å². The van der Waals surface area contributed by atoms with Crippen molar-refractivity contribution in [2.24, 2.45) is 5.92 Å². The molecule has 5 nitrogen and oxygen atoms in total. The third kappa shape index (κ3) is 3.05. The number of hydrogen-bond acceptors (Lipinski definition) is 4. The van der Waals surface area contributed by atoms with E-state index in [0.717, 1.165) is 12.0 Å². The standard InChI is InChI=1S/C13H15ClN2O3/c1-8-4-11(16(18)19)6-12(14)13(8)15-10-3-2-9(5-10)7-17/h2-4,6,9-10,15,17H,5,7H2,1H3/t9-,10+/m0/s1. The van der Waals surface area contributed by atoms with E-state index < -0.39 is 4.92 Å². The van der Waals surface area contributed by atoms with Crippen LogP contribution in [0.4, 0.5) is 11.4 Å². The molecule has 19 heavy (non-hydrogen) atoms. The summed E-state index contributed by atoms with van der Waals surface area (Å²) in [5.41, 5.74) is 1.43. The molecule has 0 fully saturated rings. The summed E-state index contributed by atoms with van der Waals surface area (Å²) in [5, 5.41) is 23.4. The lowest BCUT2D eigenvalue weighted by atomic mass is 10.1. The first kappa shape index (κ1) is 13.8. The van der Waals surface area contributed by atoms with Crippen molar-refractivity contribution >= 4 is 23.0 Å². The Balaban J connectivity index is 2.18. The molecule has 0 aliphatic heterocycles. The molecule has 1 aromatic rings. The Labute approximate surface area is 116 Å². The minimum atomic E-state index is -0.458. The highest BCUT2D eigenvalue weighted by Crippen LogP contribution is 2.32. The number of aliphatic hydroxyl groups is 1. The van der Waals surface area contributed by atoms with Crippen LogP contribution in [0.5, 0.6) is 0 Å². The summed E-state index contributed by atoms with van der Waals surface area (Å²) in [5.74, 6) is 0.162.